The van der Waals surface area contributed by atoms with Gasteiger partial charge in [-0.15, -0.1) is 10.1 Å². The summed E-state index contributed by atoms with van der Waals surface area (Å²) in [4.78, 5) is 17.7. The Labute approximate surface area is 66.9 Å². The first-order valence-corrected chi connectivity index (χ1v) is 2.96. The SMILES string of the molecule is COC(=O)N=c1nccnn1O. The van der Waals surface area contributed by atoms with Crippen LogP contribution in [0.5, 0.6) is 0 Å². The predicted octanol–water partition coefficient (Wildman–Crippen LogP) is -0.818. The summed E-state index contributed by atoms with van der Waals surface area (Å²) in [5, 5.41) is 12.3. The van der Waals surface area contributed by atoms with Crippen molar-refractivity contribution in [3.8, 4) is 0 Å². The third-order valence-corrected chi connectivity index (χ3v) is 0.978. The Balaban J connectivity index is 3.10. The van der Waals surface area contributed by atoms with Crippen molar-refractivity contribution in [2.45, 2.75) is 0 Å². The van der Waals surface area contributed by atoms with E-state index in [0.29, 0.717) is 4.85 Å². The lowest BCUT2D eigenvalue weighted by molar-refractivity contribution is 0.123. The van der Waals surface area contributed by atoms with Crippen molar-refractivity contribution >= 4 is 6.09 Å². The first-order valence-electron chi connectivity index (χ1n) is 2.96. The number of aromatic nitrogens is 3. The maximum Gasteiger partial charge on any atom is 0.436 e. The van der Waals surface area contributed by atoms with Crippen molar-refractivity contribution in [1.29, 1.82) is 0 Å². The molecule has 1 N–H and O–H groups in total. The zero-order valence-electron chi connectivity index (χ0n) is 6.21. The van der Waals surface area contributed by atoms with Crippen LogP contribution in [-0.2, 0) is 4.74 Å². The average molecular weight is 170 g/mol. The largest absolute Gasteiger partial charge is 0.451 e. The Morgan fingerprint density at radius 1 is 1.75 bits per heavy atom. The smallest absolute Gasteiger partial charge is 0.436 e. The lowest BCUT2D eigenvalue weighted by Crippen LogP contribution is -2.25. The number of rotatable bonds is 0. The highest BCUT2D eigenvalue weighted by Gasteiger charge is 1.96. The molecule has 1 rings (SSSR count). The van der Waals surface area contributed by atoms with Crippen LogP contribution in [0.1, 0.15) is 0 Å². The van der Waals surface area contributed by atoms with Crippen LogP contribution in [-0.4, -0.2) is 33.3 Å². The Kier molecular flexibility index (Phi) is 2.36. The highest BCUT2D eigenvalue weighted by Crippen LogP contribution is 1.75. The van der Waals surface area contributed by atoms with Crippen molar-refractivity contribution in [3.63, 3.8) is 0 Å². The third kappa shape index (κ3) is 1.78. The number of amides is 1. The molecule has 64 valence electrons. The van der Waals surface area contributed by atoms with E-state index in [-0.39, 0.29) is 5.62 Å². The fourth-order valence-electron chi connectivity index (χ4n) is 0.497. The molecule has 0 fully saturated rings. The highest BCUT2D eigenvalue weighted by atomic mass is 16.5. The molecule has 0 radical (unpaired) electrons. The van der Waals surface area contributed by atoms with Gasteiger partial charge in [0.2, 0.25) is 0 Å². The van der Waals surface area contributed by atoms with Gasteiger partial charge >= 0.3 is 6.09 Å². The summed E-state index contributed by atoms with van der Waals surface area (Å²) in [7, 11) is 1.17. The monoisotopic (exact) mass is 170 g/mol. The fourth-order valence-corrected chi connectivity index (χ4v) is 0.497. The highest BCUT2D eigenvalue weighted by molar-refractivity contribution is 5.67. The average Bonchev–Trinajstić information content (AvgIpc) is 2.09. The Morgan fingerprint density at radius 3 is 3.08 bits per heavy atom. The summed E-state index contributed by atoms with van der Waals surface area (Å²) in [5.41, 5.74) is -0.232. The van der Waals surface area contributed by atoms with Crippen LogP contribution in [0.3, 0.4) is 0 Å². The van der Waals surface area contributed by atoms with E-state index in [1.54, 1.807) is 0 Å². The van der Waals surface area contributed by atoms with Gasteiger partial charge in [0.25, 0.3) is 5.62 Å². The van der Waals surface area contributed by atoms with Gasteiger partial charge in [0.05, 0.1) is 19.5 Å². The molecule has 12 heavy (non-hydrogen) atoms. The minimum Gasteiger partial charge on any atom is -0.451 e. The molecule has 7 nitrogen and oxygen atoms in total. The van der Waals surface area contributed by atoms with Crippen LogP contribution in [0, 0.1) is 0 Å². The first kappa shape index (κ1) is 8.18. The standard InChI is InChI=1S/C5H6N4O3/c1-12-5(10)8-4-6-2-3-7-9(4)11/h2-3,11H,1H3. The van der Waals surface area contributed by atoms with Gasteiger partial charge in [-0.25, -0.2) is 9.78 Å². The summed E-state index contributed by atoms with van der Waals surface area (Å²) >= 11 is 0. The quantitative estimate of drug-likeness (QED) is 0.514. The van der Waals surface area contributed by atoms with Gasteiger partial charge in [-0.1, -0.05) is 4.85 Å². The molecule has 0 unspecified atom stereocenters. The molecule has 0 spiro atoms. The molecule has 1 aromatic rings. The van der Waals surface area contributed by atoms with E-state index in [1.165, 1.54) is 19.5 Å². The van der Waals surface area contributed by atoms with E-state index < -0.39 is 6.09 Å². The van der Waals surface area contributed by atoms with Gasteiger partial charge in [0.1, 0.15) is 0 Å². The third-order valence-electron chi connectivity index (χ3n) is 0.978. The van der Waals surface area contributed by atoms with Gasteiger partial charge < -0.3 is 9.94 Å². The van der Waals surface area contributed by atoms with E-state index >= 15 is 0 Å². The lowest BCUT2D eigenvalue weighted by Gasteiger charge is -1.92. The van der Waals surface area contributed by atoms with E-state index in [2.05, 4.69) is 19.8 Å². The van der Waals surface area contributed by atoms with Crippen LogP contribution in [0.25, 0.3) is 0 Å². The zero-order valence-corrected chi connectivity index (χ0v) is 6.21. The number of methoxy groups -OCH3 is 1. The summed E-state index contributed by atoms with van der Waals surface area (Å²) in [6.45, 7) is 0. The molecule has 0 saturated heterocycles. The van der Waals surface area contributed by atoms with E-state index in [9.17, 15) is 4.79 Å². The lowest BCUT2D eigenvalue weighted by atomic mass is 10.9. The first-order chi connectivity index (χ1) is 5.74. The summed E-state index contributed by atoms with van der Waals surface area (Å²) in [6.07, 6.45) is 1.68. The van der Waals surface area contributed by atoms with Crippen LogP contribution >= 0.6 is 0 Å². The number of ether oxygens (including phenoxy) is 1. The second kappa shape index (κ2) is 3.46. The molecule has 0 aliphatic carbocycles. The van der Waals surface area contributed by atoms with Gasteiger partial charge in [-0.05, 0) is 0 Å². The van der Waals surface area contributed by atoms with Gasteiger partial charge in [0.15, 0.2) is 0 Å². The van der Waals surface area contributed by atoms with E-state index in [4.69, 9.17) is 5.21 Å². The Hall–Kier alpha value is -1.92. The molecule has 1 aromatic heterocycles. The van der Waals surface area contributed by atoms with Crippen LogP contribution in [0.15, 0.2) is 17.4 Å². The van der Waals surface area contributed by atoms with E-state index in [0.717, 1.165) is 0 Å². The maximum atomic E-state index is 10.6. The second-order valence-electron chi connectivity index (χ2n) is 1.71. The van der Waals surface area contributed by atoms with Gasteiger partial charge in [-0.3, -0.25) is 0 Å². The second-order valence-corrected chi connectivity index (χ2v) is 1.71. The van der Waals surface area contributed by atoms with Crippen LogP contribution < -0.4 is 5.62 Å². The molecule has 0 atom stereocenters. The van der Waals surface area contributed by atoms with Crippen LogP contribution in [0.2, 0.25) is 0 Å². The summed E-state index contributed by atoms with van der Waals surface area (Å²) < 4.78 is 4.21. The number of carbonyl (C=O) groups is 1. The number of nitrogens with zero attached hydrogens (tertiary/aromatic N) is 4. The molecule has 1 heterocycles. The van der Waals surface area contributed by atoms with Crippen molar-refractivity contribution in [2.75, 3.05) is 7.11 Å². The predicted molar refractivity (Wildman–Crippen MR) is 35.2 cm³/mol. The Bertz CT molecular complexity index is 345. The minimum absolute atomic E-state index is 0.232. The number of hydrogen-bond donors (Lipinski definition) is 1. The van der Waals surface area contributed by atoms with E-state index in [1.807, 2.05) is 0 Å². The van der Waals surface area contributed by atoms with Crippen molar-refractivity contribution in [2.24, 2.45) is 4.99 Å². The van der Waals surface area contributed by atoms with Gasteiger partial charge in [0, 0.05) is 0 Å². The normalized spacial score (nSPS) is 11.2. The molecule has 0 saturated carbocycles. The molecule has 0 bridgehead atoms. The topological polar surface area (TPSA) is 89.6 Å². The molecule has 7 heteroatoms. The zero-order chi connectivity index (χ0) is 8.97. The fraction of sp³-hybridized carbons (Fsp3) is 0.200. The minimum atomic E-state index is -0.849. The molecule has 0 aliphatic heterocycles. The maximum absolute atomic E-state index is 10.6. The Morgan fingerprint density at radius 2 is 2.50 bits per heavy atom. The molecule has 0 aliphatic rings. The van der Waals surface area contributed by atoms with Crippen molar-refractivity contribution < 1.29 is 14.7 Å². The van der Waals surface area contributed by atoms with Gasteiger partial charge in [-0.2, -0.15) is 0 Å². The van der Waals surface area contributed by atoms with Crippen molar-refractivity contribution in [1.82, 2.24) is 14.9 Å². The number of carbonyl (C=O) groups excluding carboxylic acids is 1. The van der Waals surface area contributed by atoms with Crippen LogP contribution in [0.4, 0.5) is 4.79 Å². The number of hydrogen-bond acceptors (Lipinski definition) is 5. The van der Waals surface area contributed by atoms with Crippen molar-refractivity contribution in [3.05, 3.63) is 18.0 Å². The summed E-state index contributed by atoms with van der Waals surface area (Å²) in [6, 6.07) is 0. The molecule has 1 amide bonds. The summed E-state index contributed by atoms with van der Waals surface area (Å²) in [5.74, 6) is 0. The molecular formula is C5H6N4O3. The molecule has 0 aromatic carbocycles. The molecular weight excluding hydrogens is 164 g/mol.